The number of aryl methyl sites for hydroxylation is 1. The number of para-hydroxylation sites is 1. The lowest BCUT2D eigenvalue weighted by Crippen LogP contribution is -2.09. The van der Waals surface area contributed by atoms with Crippen LogP contribution in [-0.4, -0.2) is 23.7 Å². The van der Waals surface area contributed by atoms with Crippen LogP contribution in [0.2, 0.25) is 0 Å². The summed E-state index contributed by atoms with van der Waals surface area (Å²) in [6.07, 6.45) is 3.99. The lowest BCUT2D eigenvalue weighted by Gasteiger charge is -2.15. The molecule has 4 heteroatoms. The van der Waals surface area contributed by atoms with E-state index in [4.69, 9.17) is 19.4 Å². The van der Waals surface area contributed by atoms with Gasteiger partial charge in [-0.15, -0.1) is 0 Å². The van der Waals surface area contributed by atoms with Crippen molar-refractivity contribution in [2.24, 2.45) is 0 Å². The van der Waals surface area contributed by atoms with Crippen molar-refractivity contribution in [3.05, 3.63) is 71.4 Å². The molecule has 0 atom stereocenters. The van der Waals surface area contributed by atoms with Gasteiger partial charge < -0.3 is 9.47 Å². The average Bonchev–Trinajstić information content (AvgIpc) is 2.73. The van der Waals surface area contributed by atoms with E-state index in [2.05, 4.69) is 31.2 Å². The van der Waals surface area contributed by atoms with Crippen molar-refractivity contribution >= 4 is 0 Å². The summed E-state index contributed by atoms with van der Waals surface area (Å²) < 4.78 is 11.7. The number of nitrogens with zero attached hydrogens (tertiary/aromatic N) is 2. The van der Waals surface area contributed by atoms with Crippen LogP contribution in [0.25, 0.3) is 11.4 Å². The molecule has 0 saturated carbocycles. The summed E-state index contributed by atoms with van der Waals surface area (Å²) in [5.74, 6) is 2.10. The molecule has 0 aliphatic heterocycles. The molecule has 0 radical (unpaired) electrons. The fraction of sp³-hybridized carbons (Fsp3) is 0.333. The largest absolute Gasteiger partial charge is 0.496 e. The van der Waals surface area contributed by atoms with Crippen LogP contribution in [0.4, 0.5) is 0 Å². The smallest absolute Gasteiger partial charge is 0.220 e. The topological polar surface area (TPSA) is 44.2 Å². The van der Waals surface area contributed by atoms with Crippen LogP contribution in [0.15, 0.2) is 54.6 Å². The molecule has 0 unspecified atom stereocenters. The highest BCUT2D eigenvalue weighted by molar-refractivity contribution is 5.64. The third kappa shape index (κ3) is 4.89. The third-order valence-corrected chi connectivity index (χ3v) is 4.78. The van der Waals surface area contributed by atoms with Crippen LogP contribution < -0.4 is 9.47 Å². The maximum Gasteiger partial charge on any atom is 0.220 e. The van der Waals surface area contributed by atoms with Gasteiger partial charge in [0.1, 0.15) is 5.75 Å². The first kappa shape index (κ1) is 19.9. The van der Waals surface area contributed by atoms with Gasteiger partial charge in [0.15, 0.2) is 5.82 Å². The Kier molecular flexibility index (Phi) is 7.01. The van der Waals surface area contributed by atoms with E-state index >= 15 is 0 Å². The van der Waals surface area contributed by atoms with Crippen molar-refractivity contribution in [1.82, 2.24) is 9.97 Å². The Morgan fingerprint density at radius 3 is 2.39 bits per heavy atom. The van der Waals surface area contributed by atoms with E-state index in [0.29, 0.717) is 18.3 Å². The second-order valence-corrected chi connectivity index (χ2v) is 6.80. The summed E-state index contributed by atoms with van der Waals surface area (Å²) in [5, 5.41) is 0. The van der Waals surface area contributed by atoms with Gasteiger partial charge in [0, 0.05) is 17.7 Å². The van der Waals surface area contributed by atoms with Crippen LogP contribution in [0.5, 0.6) is 11.6 Å². The normalized spacial score (nSPS) is 10.7. The van der Waals surface area contributed by atoms with Gasteiger partial charge >= 0.3 is 0 Å². The minimum absolute atomic E-state index is 0.588. The Balaban J connectivity index is 1.89. The summed E-state index contributed by atoms with van der Waals surface area (Å²) >= 11 is 0. The number of unbranched alkanes of at least 4 members (excludes halogenated alkanes) is 1. The highest BCUT2D eigenvalue weighted by Gasteiger charge is 2.16. The van der Waals surface area contributed by atoms with Crippen molar-refractivity contribution in [2.45, 2.75) is 39.5 Å². The molecule has 0 spiro atoms. The number of hydrogen-bond acceptors (Lipinski definition) is 4. The van der Waals surface area contributed by atoms with Gasteiger partial charge in [-0.3, -0.25) is 0 Å². The molecule has 2 aromatic carbocycles. The summed E-state index contributed by atoms with van der Waals surface area (Å²) in [5.41, 5.74) is 4.21. The number of hydrogen-bond donors (Lipinski definition) is 0. The van der Waals surface area contributed by atoms with E-state index < -0.39 is 0 Å². The van der Waals surface area contributed by atoms with Crippen molar-refractivity contribution < 1.29 is 9.47 Å². The first-order chi connectivity index (χ1) is 13.7. The molecule has 0 N–H and O–H groups in total. The quantitative estimate of drug-likeness (QED) is 0.500. The molecule has 0 amide bonds. The van der Waals surface area contributed by atoms with Crippen molar-refractivity contribution in [3.8, 4) is 23.0 Å². The minimum Gasteiger partial charge on any atom is -0.496 e. The third-order valence-electron chi connectivity index (χ3n) is 4.78. The van der Waals surface area contributed by atoms with Crippen LogP contribution >= 0.6 is 0 Å². The zero-order valence-electron chi connectivity index (χ0n) is 16.9. The minimum atomic E-state index is 0.588. The Hall–Kier alpha value is -2.88. The molecule has 3 rings (SSSR count). The molecule has 0 aliphatic rings. The highest BCUT2D eigenvalue weighted by atomic mass is 16.5. The lowest BCUT2D eigenvalue weighted by molar-refractivity contribution is 0.305. The van der Waals surface area contributed by atoms with E-state index in [-0.39, 0.29) is 0 Å². The standard InChI is InChI=1S/C24H28N2O2/c1-4-5-13-20-18(2)25-23(21-14-9-10-15-22(21)27-3)26-24(20)28-17-16-19-11-7-6-8-12-19/h6-12,14-15H,4-5,13,16-17H2,1-3H3. The Labute approximate surface area is 167 Å². The molecular formula is C24H28N2O2. The van der Waals surface area contributed by atoms with Crippen molar-refractivity contribution in [2.75, 3.05) is 13.7 Å². The Morgan fingerprint density at radius 2 is 1.64 bits per heavy atom. The van der Waals surface area contributed by atoms with Gasteiger partial charge in [-0.2, -0.15) is 4.98 Å². The fourth-order valence-corrected chi connectivity index (χ4v) is 3.19. The molecular weight excluding hydrogens is 348 g/mol. The Morgan fingerprint density at radius 1 is 0.893 bits per heavy atom. The van der Waals surface area contributed by atoms with Crippen molar-refractivity contribution in [3.63, 3.8) is 0 Å². The van der Waals surface area contributed by atoms with Crippen molar-refractivity contribution in [1.29, 1.82) is 0 Å². The zero-order chi connectivity index (χ0) is 19.8. The van der Waals surface area contributed by atoms with E-state index in [1.807, 2.05) is 37.3 Å². The monoisotopic (exact) mass is 376 g/mol. The summed E-state index contributed by atoms with van der Waals surface area (Å²) in [6.45, 7) is 4.82. The summed E-state index contributed by atoms with van der Waals surface area (Å²) in [6, 6.07) is 18.2. The maximum atomic E-state index is 6.16. The SMILES string of the molecule is CCCCc1c(C)nc(-c2ccccc2OC)nc1OCCc1ccccc1. The van der Waals surface area contributed by atoms with Gasteiger partial charge in [-0.05, 0) is 37.5 Å². The predicted octanol–water partition coefficient (Wildman–Crippen LogP) is 5.42. The molecule has 0 fully saturated rings. The molecule has 0 aliphatic carbocycles. The molecule has 1 aromatic heterocycles. The summed E-state index contributed by atoms with van der Waals surface area (Å²) in [7, 11) is 1.67. The Bertz CT molecular complexity index is 894. The van der Waals surface area contributed by atoms with Crippen LogP contribution in [0.3, 0.4) is 0 Å². The van der Waals surface area contributed by atoms with Gasteiger partial charge in [0.25, 0.3) is 0 Å². The molecule has 28 heavy (non-hydrogen) atoms. The first-order valence-corrected chi connectivity index (χ1v) is 9.90. The number of ether oxygens (including phenoxy) is 2. The highest BCUT2D eigenvalue weighted by Crippen LogP contribution is 2.31. The van der Waals surface area contributed by atoms with Gasteiger partial charge in [-0.25, -0.2) is 4.98 Å². The zero-order valence-corrected chi connectivity index (χ0v) is 16.9. The number of benzene rings is 2. The number of aromatic nitrogens is 2. The van der Waals surface area contributed by atoms with Gasteiger partial charge in [0.05, 0.1) is 19.3 Å². The number of rotatable bonds is 9. The van der Waals surface area contributed by atoms with Crippen LogP contribution in [0.1, 0.15) is 36.6 Å². The molecule has 0 bridgehead atoms. The van der Waals surface area contributed by atoms with Crippen LogP contribution in [-0.2, 0) is 12.8 Å². The molecule has 4 nitrogen and oxygen atoms in total. The number of methoxy groups -OCH3 is 1. The van der Waals surface area contributed by atoms with Crippen LogP contribution in [0, 0.1) is 6.92 Å². The molecule has 3 aromatic rings. The predicted molar refractivity (Wildman–Crippen MR) is 113 cm³/mol. The average molecular weight is 377 g/mol. The summed E-state index contributed by atoms with van der Waals surface area (Å²) in [4.78, 5) is 9.54. The van der Waals surface area contributed by atoms with E-state index in [9.17, 15) is 0 Å². The molecule has 146 valence electrons. The second kappa shape index (κ2) is 9.88. The van der Waals surface area contributed by atoms with Gasteiger partial charge in [0.2, 0.25) is 5.88 Å². The van der Waals surface area contributed by atoms with Gasteiger partial charge in [-0.1, -0.05) is 55.8 Å². The first-order valence-electron chi connectivity index (χ1n) is 9.90. The lowest BCUT2D eigenvalue weighted by atomic mass is 10.1. The van der Waals surface area contributed by atoms with E-state index in [1.165, 1.54) is 5.56 Å². The molecule has 0 saturated heterocycles. The maximum absolute atomic E-state index is 6.16. The molecule has 1 heterocycles. The fourth-order valence-electron chi connectivity index (χ4n) is 3.19. The van der Waals surface area contributed by atoms with E-state index in [1.54, 1.807) is 7.11 Å². The second-order valence-electron chi connectivity index (χ2n) is 6.80. The van der Waals surface area contributed by atoms with E-state index in [0.717, 1.165) is 48.3 Å².